The molecule has 0 unspecified atom stereocenters. The van der Waals surface area contributed by atoms with Crippen LogP contribution in [0.15, 0.2) is 18.3 Å². The van der Waals surface area contributed by atoms with Gasteiger partial charge in [0.2, 0.25) is 5.91 Å². The minimum atomic E-state index is -0.0523. The van der Waals surface area contributed by atoms with Gasteiger partial charge in [0.05, 0.1) is 17.9 Å². The number of carbonyl (C=O) groups excluding carboxylic acids is 1. The first-order chi connectivity index (χ1) is 8.16. The molecule has 1 aromatic heterocycles. The first-order valence-corrected chi connectivity index (χ1v) is 5.84. The van der Waals surface area contributed by atoms with Crippen LogP contribution in [0.1, 0.15) is 12.8 Å². The van der Waals surface area contributed by atoms with Crippen LogP contribution in [0, 0.1) is 0 Å². The van der Waals surface area contributed by atoms with Gasteiger partial charge in [0.1, 0.15) is 5.82 Å². The van der Waals surface area contributed by atoms with Gasteiger partial charge in [-0.15, -0.1) is 0 Å². The highest BCUT2D eigenvalue weighted by Gasteiger charge is 2.21. The fourth-order valence-corrected chi connectivity index (χ4v) is 1.86. The summed E-state index contributed by atoms with van der Waals surface area (Å²) in [7, 11) is 3.87. The molecule has 17 heavy (non-hydrogen) atoms. The van der Waals surface area contributed by atoms with Crippen molar-refractivity contribution < 1.29 is 4.79 Å². The van der Waals surface area contributed by atoms with E-state index in [4.69, 9.17) is 0 Å². The van der Waals surface area contributed by atoms with Crippen molar-refractivity contribution >= 4 is 17.4 Å². The highest BCUT2D eigenvalue weighted by atomic mass is 16.2. The number of carbonyl (C=O) groups is 1. The standard InChI is InChI=1S/C12H18N4O/c1-16(2)11-6-5-9(8-14-11)15-12(17)10-4-3-7-13-10/h5-6,8,10,13H,3-4,7H2,1-2H3,(H,15,17)/t10-/m1/s1. The molecule has 2 rings (SSSR count). The van der Waals surface area contributed by atoms with E-state index in [1.54, 1.807) is 6.20 Å². The van der Waals surface area contributed by atoms with Gasteiger partial charge >= 0.3 is 0 Å². The highest BCUT2D eigenvalue weighted by Crippen LogP contribution is 2.13. The molecule has 0 spiro atoms. The summed E-state index contributed by atoms with van der Waals surface area (Å²) in [4.78, 5) is 18.0. The number of nitrogens with zero attached hydrogens (tertiary/aromatic N) is 2. The lowest BCUT2D eigenvalue weighted by Crippen LogP contribution is -2.35. The van der Waals surface area contributed by atoms with Crippen LogP contribution in [0.25, 0.3) is 0 Å². The van der Waals surface area contributed by atoms with Gasteiger partial charge in [0, 0.05) is 14.1 Å². The number of aromatic nitrogens is 1. The van der Waals surface area contributed by atoms with Crippen molar-refractivity contribution in [2.75, 3.05) is 30.9 Å². The molecular formula is C12H18N4O. The SMILES string of the molecule is CN(C)c1ccc(NC(=O)[C@H]2CCCN2)cn1. The van der Waals surface area contributed by atoms with Gasteiger partial charge < -0.3 is 15.5 Å². The van der Waals surface area contributed by atoms with Crippen LogP contribution in [0.5, 0.6) is 0 Å². The lowest BCUT2D eigenvalue weighted by Gasteiger charge is -2.13. The lowest BCUT2D eigenvalue weighted by molar-refractivity contribution is -0.117. The summed E-state index contributed by atoms with van der Waals surface area (Å²) >= 11 is 0. The minimum absolute atomic E-state index is 0.0295. The summed E-state index contributed by atoms with van der Waals surface area (Å²) in [5.74, 6) is 0.906. The van der Waals surface area contributed by atoms with Crippen LogP contribution in [0.3, 0.4) is 0 Å². The first kappa shape index (κ1) is 11.9. The number of hydrogen-bond acceptors (Lipinski definition) is 4. The molecule has 1 aliphatic heterocycles. The maximum atomic E-state index is 11.8. The molecule has 1 fully saturated rings. The largest absolute Gasteiger partial charge is 0.363 e. The number of pyridine rings is 1. The number of rotatable bonds is 3. The van der Waals surface area contributed by atoms with Crippen molar-refractivity contribution in [1.29, 1.82) is 0 Å². The Balaban J connectivity index is 1.96. The van der Waals surface area contributed by atoms with Crippen LogP contribution in [-0.2, 0) is 4.79 Å². The predicted molar refractivity (Wildman–Crippen MR) is 68.2 cm³/mol. The van der Waals surface area contributed by atoms with Crippen molar-refractivity contribution in [3.8, 4) is 0 Å². The fourth-order valence-electron chi connectivity index (χ4n) is 1.86. The normalized spacial score (nSPS) is 19.1. The van der Waals surface area contributed by atoms with Crippen molar-refractivity contribution in [2.45, 2.75) is 18.9 Å². The van der Waals surface area contributed by atoms with Crippen molar-refractivity contribution in [3.05, 3.63) is 18.3 Å². The first-order valence-electron chi connectivity index (χ1n) is 5.84. The van der Waals surface area contributed by atoms with E-state index in [1.807, 2.05) is 31.1 Å². The second-order valence-electron chi connectivity index (χ2n) is 4.44. The summed E-state index contributed by atoms with van der Waals surface area (Å²) in [6.45, 7) is 0.926. The molecule has 0 saturated carbocycles. The molecule has 1 amide bonds. The van der Waals surface area contributed by atoms with Gasteiger partial charge in [0.15, 0.2) is 0 Å². The summed E-state index contributed by atoms with van der Waals surface area (Å²) < 4.78 is 0. The Labute approximate surface area is 101 Å². The van der Waals surface area contributed by atoms with Gasteiger partial charge in [-0.3, -0.25) is 4.79 Å². The molecule has 1 saturated heterocycles. The summed E-state index contributed by atoms with van der Waals surface area (Å²) in [6, 6.07) is 3.70. The monoisotopic (exact) mass is 234 g/mol. The lowest BCUT2D eigenvalue weighted by atomic mass is 10.2. The molecule has 1 atom stereocenters. The zero-order valence-electron chi connectivity index (χ0n) is 10.2. The van der Waals surface area contributed by atoms with Crippen LogP contribution in [-0.4, -0.2) is 37.6 Å². The van der Waals surface area contributed by atoms with Crippen molar-refractivity contribution in [2.24, 2.45) is 0 Å². The number of amides is 1. The summed E-state index contributed by atoms with van der Waals surface area (Å²) in [5.41, 5.74) is 0.745. The van der Waals surface area contributed by atoms with Gasteiger partial charge in [-0.1, -0.05) is 0 Å². The van der Waals surface area contributed by atoms with Crippen LogP contribution in [0.2, 0.25) is 0 Å². The van der Waals surface area contributed by atoms with Gasteiger partial charge in [-0.2, -0.15) is 0 Å². The number of nitrogens with one attached hydrogen (secondary N) is 2. The highest BCUT2D eigenvalue weighted by molar-refractivity contribution is 5.94. The smallest absolute Gasteiger partial charge is 0.241 e. The zero-order chi connectivity index (χ0) is 12.3. The van der Waals surface area contributed by atoms with E-state index in [-0.39, 0.29) is 11.9 Å². The predicted octanol–water partition coefficient (Wildman–Crippen LogP) is 0.838. The van der Waals surface area contributed by atoms with Crippen LogP contribution >= 0.6 is 0 Å². The Hall–Kier alpha value is -1.62. The van der Waals surface area contributed by atoms with E-state index in [9.17, 15) is 4.79 Å². The van der Waals surface area contributed by atoms with Crippen LogP contribution in [0.4, 0.5) is 11.5 Å². The van der Waals surface area contributed by atoms with Crippen molar-refractivity contribution in [3.63, 3.8) is 0 Å². The van der Waals surface area contributed by atoms with E-state index in [2.05, 4.69) is 15.6 Å². The Bertz CT molecular complexity index is 382. The third-order valence-corrected chi connectivity index (χ3v) is 2.85. The molecule has 0 aliphatic carbocycles. The summed E-state index contributed by atoms with van der Waals surface area (Å²) in [6.07, 6.45) is 3.66. The number of anilines is 2. The molecule has 5 nitrogen and oxygen atoms in total. The van der Waals surface area contributed by atoms with E-state index < -0.39 is 0 Å². The summed E-state index contributed by atoms with van der Waals surface area (Å²) in [5, 5.41) is 6.03. The van der Waals surface area contributed by atoms with E-state index in [1.165, 1.54) is 0 Å². The quantitative estimate of drug-likeness (QED) is 0.813. The molecular weight excluding hydrogens is 216 g/mol. The third kappa shape index (κ3) is 2.94. The maximum absolute atomic E-state index is 11.8. The molecule has 0 aromatic carbocycles. The van der Waals surface area contributed by atoms with Crippen LogP contribution < -0.4 is 15.5 Å². The van der Waals surface area contributed by atoms with Gasteiger partial charge in [-0.25, -0.2) is 4.98 Å². The molecule has 1 aromatic rings. The average molecular weight is 234 g/mol. The third-order valence-electron chi connectivity index (χ3n) is 2.85. The molecule has 2 heterocycles. The minimum Gasteiger partial charge on any atom is -0.363 e. The Morgan fingerprint density at radius 3 is 2.88 bits per heavy atom. The molecule has 5 heteroatoms. The average Bonchev–Trinajstić information content (AvgIpc) is 2.83. The topological polar surface area (TPSA) is 57.3 Å². The molecule has 0 radical (unpaired) electrons. The Morgan fingerprint density at radius 2 is 2.35 bits per heavy atom. The van der Waals surface area contributed by atoms with Crippen molar-refractivity contribution in [1.82, 2.24) is 10.3 Å². The maximum Gasteiger partial charge on any atom is 0.241 e. The molecule has 0 bridgehead atoms. The van der Waals surface area contributed by atoms with E-state index in [0.717, 1.165) is 30.9 Å². The van der Waals surface area contributed by atoms with E-state index >= 15 is 0 Å². The Kier molecular flexibility index (Phi) is 3.58. The Morgan fingerprint density at radius 1 is 1.53 bits per heavy atom. The molecule has 1 aliphatic rings. The second kappa shape index (κ2) is 5.14. The van der Waals surface area contributed by atoms with Gasteiger partial charge in [-0.05, 0) is 31.5 Å². The van der Waals surface area contributed by atoms with E-state index in [0.29, 0.717) is 0 Å². The zero-order valence-corrected chi connectivity index (χ0v) is 10.2. The molecule has 92 valence electrons. The van der Waals surface area contributed by atoms with Gasteiger partial charge in [0.25, 0.3) is 0 Å². The second-order valence-corrected chi connectivity index (χ2v) is 4.44. The number of hydrogen-bond donors (Lipinski definition) is 2. The fraction of sp³-hybridized carbons (Fsp3) is 0.500. The molecule has 2 N–H and O–H groups in total.